The molecule has 0 saturated heterocycles. The van der Waals surface area contributed by atoms with Crippen LogP contribution < -0.4 is 0 Å². The van der Waals surface area contributed by atoms with Crippen LogP contribution in [0.15, 0.2) is 8.57 Å². The lowest BCUT2D eigenvalue weighted by atomic mass is 10.7. The molecule has 0 aromatic carbocycles. The number of hydrogen-bond donors (Lipinski definition) is 1. The van der Waals surface area contributed by atoms with Gasteiger partial charge in [0, 0.05) is 0 Å². The Balaban J connectivity index is 3.82. The normalized spacial score (nSPS) is 11.4. The number of halogens is 2. The van der Waals surface area contributed by atoms with E-state index in [0.717, 1.165) is 0 Å². The van der Waals surface area contributed by atoms with Crippen LogP contribution in [-0.2, 0) is 4.79 Å². The van der Waals surface area contributed by atoms with Crippen molar-refractivity contribution in [2.45, 2.75) is 0 Å². The maximum atomic E-state index is 9.81. The number of carbonyl (C=O) groups is 1. The van der Waals surface area contributed by atoms with Crippen molar-refractivity contribution < 1.29 is 9.90 Å². The first-order valence-electron chi connectivity index (χ1n) is 1.37. The van der Waals surface area contributed by atoms with E-state index in [2.05, 4.69) is 15.9 Å². The number of aliphatic carboxylic acids is 1. The molecule has 0 fully saturated rings. The highest BCUT2D eigenvalue weighted by molar-refractivity contribution is 14.1. The minimum absolute atomic E-state index is 0.188. The number of hydrogen-bond acceptors (Lipinski definition) is 1. The summed E-state index contributed by atoms with van der Waals surface area (Å²) in [6, 6.07) is 0. The fourth-order valence-corrected chi connectivity index (χ4v) is 0.313. The lowest BCUT2D eigenvalue weighted by Gasteiger charge is -1.80. The molecule has 0 atom stereocenters. The van der Waals surface area contributed by atoms with Gasteiger partial charge in [0.25, 0.3) is 0 Å². The third-order valence-electron chi connectivity index (χ3n) is 0.300. The molecule has 0 aromatic rings. The first kappa shape index (κ1) is 7.42. The zero-order valence-electron chi connectivity index (χ0n) is 3.19. The zero-order valence-corrected chi connectivity index (χ0v) is 6.93. The first-order valence-corrected chi connectivity index (χ1v) is 3.41. The molecule has 0 bridgehead atoms. The van der Waals surface area contributed by atoms with Gasteiger partial charge in [0.2, 0.25) is 0 Å². The van der Waals surface area contributed by atoms with Crippen LogP contribution in [0.3, 0.4) is 0 Å². The maximum absolute atomic E-state index is 9.81. The molecular formula is C3H2BrIO2. The Bertz CT molecular complexity index is 110. The topological polar surface area (TPSA) is 37.3 Å². The third kappa shape index (κ3) is 3.04. The predicted molar refractivity (Wildman–Crippen MR) is 38.7 cm³/mol. The van der Waals surface area contributed by atoms with Crippen LogP contribution in [0.25, 0.3) is 0 Å². The average molecular weight is 277 g/mol. The largest absolute Gasteiger partial charge is 0.477 e. The summed E-state index contributed by atoms with van der Waals surface area (Å²) >= 11 is 4.63. The molecule has 0 unspecified atom stereocenters. The van der Waals surface area contributed by atoms with Gasteiger partial charge in [0.15, 0.2) is 0 Å². The number of carboxylic acid groups (broad SMARTS) is 1. The van der Waals surface area contributed by atoms with Gasteiger partial charge in [-0.15, -0.1) is 0 Å². The molecule has 0 heterocycles. The van der Waals surface area contributed by atoms with Crippen molar-refractivity contribution in [2.24, 2.45) is 0 Å². The van der Waals surface area contributed by atoms with Gasteiger partial charge >= 0.3 is 5.97 Å². The summed E-state index contributed by atoms with van der Waals surface area (Å²) in [4.78, 5) is 9.81. The standard InChI is InChI=1S/C3H2BrIO2/c4-2(1-5)3(6)7/h1H,(H,6,7)/b2-1-. The fourth-order valence-electron chi connectivity index (χ4n) is 0.0467. The zero-order chi connectivity index (χ0) is 5.86. The molecule has 1 N–H and O–H groups in total. The predicted octanol–water partition coefficient (Wildman–Crippen LogP) is 1.74. The highest BCUT2D eigenvalue weighted by atomic mass is 127. The van der Waals surface area contributed by atoms with Crippen LogP contribution in [0, 0.1) is 0 Å². The lowest BCUT2D eigenvalue weighted by molar-refractivity contribution is -0.131. The summed E-state index contributed by atoms with van der Waals surface area (Å²) < 4.78 is 1.63. The summed E-state index contributed by atoms with van der Waals surface area (Å²) in [6.07, 6.45) is 0. The van der Waals surface area contributed by atoms with Crippen molar-refractivity contribution >= 4 is 44.5 Å². The molecule has 7 heavy (non-hydrogen) atoms. The molecule has 0 radical (unpaired) electrons. The molecule has 0 saturated carbocycles. The molecule has 0 aliphatic carbocycles. The van der Waals surface area contributed by atoms with Gasteiger partial charge in [-0.1, -0.05) is 22.6 Å². The van der Waals surface area contributed by atoms with E-state index in [4.69, 9.17) is 5.11 Å². The highest BCUT2D eigenvalue weighted by Crippen LogP contribution is 2.06. The summed E-state index contributed by atoms with van der Waals surface area (Å²) in [5.41, 5.74) is 0. The number of rotatable bonds is 1. The first-order chi connectivity index (χ1) is 3.18. The van der Waals surface area contributed by atoms with E-state index < -0.39 is 5.97 Å². The molecule has 0 aromatic heterocycles. The molecule has 0 spiro atoms. The second-order valence-corrected chi connectivity index (χ2v) is 2.24. The fraction of sp³-hybridized carbons (Fsp3) is 0. The van der Waals surface area contributed by atoms with Gasteiger partial charge in [0.05, 0.1) is 0 Å². The van der Waals surface area contributed by atoms with Crippen molar-refractivity contribution in [3.8, 4) is 0 Å². The van der Waals surface area contributed by atoms with Gasteiger partial charge in [0.1, 0.15) is 4.48 Å². The molecule has 0 amide bonds. The molecular weight excluding hydrogens is 275 g/mol. The molecule has 0 aliphatic rings. The smallest absolute Gasteiger partial charge is 0.343 e. The summed E-state index contributed by atoms with van der Waals surface area (Å²) in [6.45, 7) is 0. The van der Waals surface area contributed by atoms with Crippen molar-refractivity contribution in [3.05, 3.63) is 8.57 Å². The third-order valence-corrected chi connectivity index (χ3v) is 2.35. The minimum Gasteiger partial charge on any atom is -0.477 e. The molecule has 40 valence electrons. The Morgan fingerprint density at radius 1 is 1.86 bits per heavy atom. The Hall–Kier alpha value is 0.420. The van der Waals surface area contributed by atoms with Crippen LogP contribution in [0.5, 0.6) is 0 Å². The van der Waals surface area contributed by atoms with Crippen molar-refractivity contribution in [3.63, 3.8) is 0 Å². The Labute approximate surface area is 62.9 Å². The minimum atomic E-state index is -0.936. The molecule has 0 rings (SSSR count). The van der Waals surface area contributed by atoms with Crippen molar-refractivity contribution in [2.75, 3.05) is 0 Å². The van der Waals surface area contributed by atoms with Crippen LogP contribution in [-0.4, -0.2) is 11.1 Å². The molecule has 0 aliphatic heterocycles. The van der Waals surface area contributed by atoms with E-state index in [0.29, 0.717) is 0 Å². The second kappa shape index (κ2) is 3.43. The van der Waals surface area contributed by atoms with Crippen molar-refractivity contribution in [1.82, 2.24) is 0 Å². The summed E-state index contributed by atoms with van der Waals surface area (Å²) in [5, 5.41) is 8.06. The SMILES string of the molecule is O=C(O)/C(Br)=C/I. The van der Waals surface area contributed by atoms with Gasteiger partial charge in [-0.2, -0.15) is 0 Å². The van der Waals surface area contributed by atoms with E-state index in [1.807, 2.05) is 22.6 Å². The number of carboxylic acids is 1. The van der Waals surface area contributed by atoms with Crippen LogP contribution in [0.1, 0.15) is 0 Å². The van der Waals surface area contributed by atoms with Crippen LogP contribution in [0.2, 0.25) is 0 Å². The highest BCUT2D eigenvalue weighted by Gasteiger charge is 1.97. The second-order valence-electron chi connectivity index (χ2n) is 0.762. The summed E-state index contributed by atoms with van der Waals surface area (Å²) in [5.74, 6) is -0.936. The molecule has 2 nitrogen and oxygen atoms in total. The van der Waals surface area contributed by atoms with Gasteiger partial charge < -0.3 is 5.11 Å². The Morgan fingerprint density at radius 2 is 2.29 bits per heavy atom. The maximum Gasteiger partial charge on any atom is 0.343 e. The Morgan fingerprint density at radius 3 is 2.29 bits per heavy atom. The van der Waals surface area contributed by atoms with E-state index in [1.54, 1.807) is 0 Å². The Kier molecular flexibility index (Phi) is 3.63. The van der Waals surface area contributed by atoms with Gasteiger partial charge in [-0.3, -0.25) is 0 Å². The monoisotopic (exact) mass is 276 g/mol. The van der Waals surface area contributed by atoms with E-state index in [1.165, 1.54) is 4.08 Å². The van der Waals surface area contributed by atoms with Crippen LogP contribution in [0.4, 0.5) is 0 Å². The average Bonchev–Trinajstić information content (AvgIpc) is 1.65. The lowest BCUT2D eigenvalue weighted by Crippen LogP contribution is -1.90. The van der Waals surface area contributed by atoms with Gasteiger partial charge in [-0.25, -0.2) is 4.79 Å². The van der Waals surface area contributed by atoms with E-state index in [-0.39, 0.29) is 4.48 Å². The van der Waals surface area contributed by atoms with Crippen LogP contribution >= 0.6 is 38.5 Å². The summed E-state index contributed by atoms with van der Waals surface area (Å²) in [7, 11) is 0. The van der Waals surface area contributed by atoms with Gasteiger partial charge in [-0.05, 0) is 20.0 Å². The quantitative estimate of drug-likeness (QED) is 0.585. The molecule has 4 heteroatoms. The van der Waals surface area contributed by atoms with E-state index >= 15 is 0 Å². The van der Waals surface area contributed by atoms with E-state index in [9.17, 15) is 4.79 Å². The van der Waals surface area contributed by atoms with Crippen molar-refractivity contribution in [1.29, 1.82) is 0 Å².